The number of aryl methyl sites for hydroxylation is 1. The van der Waals surface area contributed by atoms with Crippen LogP contribution in [0.1, 0.15) is 42.0 Å². The van der Waals surface area contributed by atoms with Crippen molar-refractivity contribution < 1.29 is 28.9 Å². The van der Waals surface area contributed by atoms with Gasteiger partial charge in [-0.1, -0.05) is 6.07 Å². The number of hydrogen-bond donors (Lipinski definition) is 2. The molecule has 2 aromatic carbocycles. The molecule has 0 unspecified atom stereocenters. The van der Waals surface area contributed by atoms with E-state index in [0.29, 0.717) is 11.1 Å². The van der Waals surface area contributed by atoms with Crippen molar-refractivity contribution in [3.63, 3.8) is 0 Å². The topological polar surface area (TPSA) is 110 Å². The summed E-state index contributed by atoms with van der Waals surface area (Å²) >= 11 is -0.278. The molecule has 0 saturated carbocycles. The van der Waals surface area contributed by atoms with E-state index in [4.69, 9.17) is 1.37 Å². The lowest BCUT2D eigenvalue weighted by molar-refractivity contribution is -0.135. The number of piperidine rings is 1. The molecule has 8 nitrogen and oxygen atoms in total. The minimum Gasteiger partial charge on any atom is -0.348 e. The van der Waals surface area contributed by atoms with Gasteiger partial charge in [0.1, 0.15) is 11.8 Å². The number of aromatic nitrogens is 2. The lowest BCUT2D eigenvalue weighted by Gasteiger charge is -2.24. The summed E-state index contributed by atoms with van der Waals surface area (Å²) in [6, 6.07) is 7.63. The van der Waals surface area contributed by atoms with Gasteiger partial charge in [0.2, 0.25) is 11.8 Å². The monoisotopic (exact) mass is 505 g/mol. The van der Waals surface area contributed by atoms with Crippen molar-refractivity contribution in [1.29, 1.82) is 0 Å². The summed E-state index contributed by atoms with van der Waals surface area (Å²) in [7, 11) is 0. The summed E-state index contributed by atoms with van der Waals surface area (Å²) in [6.45, 7) is 1.50. The second-order valence-corrected chi connectivity index (χ2v) is 8.87. The minimum atomic E-state index is -4.43. The summed E-state index contributed by atoms with van der Waals surface area (Å²) < 4.78 is 47.0. The Labute approximate surface area is 202 Å². The molecule has 0 spiro atoms. The number of alkyl halides is 3. The molecule has 4 rings (SSSR count). The van der Waals surface area contributed by atoms with Gasteiger partial charge in [-0.25, -0.2) is 4.98 Å². The Bertz CT molecular complexity index is 1440. The molecule has 12 heteroatoms. The molecule has 1 aromatic heterocycles. The van der Waals surface area contributed by atoms with Crippen LogP contribution in [0, 0.1) is 6.92 Å². The van der Waals surface area contributed by atoms with Gasteiger partial charge in [-0.3, -0.25) is 29.1 Å². The minimum absolute atomic E-state index is 0.00213. The number of fused-ring (bicyclic) bond motifs is 1. The normalized spacial score (nSPS) is 18.8. The van der Waals surface area contributed by atoms with E-state index >= 15 is 0 Å². The lowest BCUT2D eigenvalue weighted by Crippen LogP contribution is -2.45. The van der Waals surface area contributed by atoms with Gasteiger partial charge < -0.3 is 5.32 Å². The number of rotatable bonds is 5. The smallest absolute Gasteiger partial charge is 0.348 e. The molecule has 1 atom stereocenters. The first-order valence-corrected chi connectivity index (χ1v) is 11.2. The predicted octanol–water partition coefficient (Wildman–Crippen LogP) is 3.22. The molecule has 35 heavy (non-hydrogen) atoms. The summed E-state index contributed by atoms with van der Waals surface area (Å²) in [5.41, 5.74) is -4.04. The Morgan fingerprint density at radius 1 is 1.23 bits per heavy atom. The highest BCUT2D eigenvalue weighted by molar-refractivity contribution is 8.00. The Hall–Kier alpha value is -3.67. The predicted molar refractivity (Wildman–Crippen MR) is 122 cm³/mol. The number of carbonyl (C=O) groups is 3. The average Bonchev–Trinajstić information content (AvgIpc) is 2.80. The number of nitrogens with zero attached hydrogens (tertiary/aromatic N) is 2. The zero-order chi connectivity index (χ0) is 26.3. The molecule has 3 aromatic rings. The van der Waals surface area contributed by atoms with E-state index in [1.54, 1.807) is 12.1 Å². The van der Waals surface area contributed by atoms with Crippen molar-refractivity contribution in [2.45, 2.75) is 42.7 Å². The molecule has 1 aliphatic heterocycles. The van der Waals surface area contributed by atoms with Crippen LogP contribution in [0.5, 0.6) is 0 Å². The maximum absolute atomic E-state index is 13.3. The lowest BCUT2D eigenvalue weighted by atomic mass is 10.0. The van der Waals surface area contributed by atoms with E-state index < -0.39 is 34.8 Å². The van der Waals surface area contributed by atoms with E-state index in [-0.39, 0.29) is 52.8 Å². The fraction of sp³-hybridized carbons (Fsp3) is 0.261. The fourth-order valence-corrected chi connectivity index (χ4v) is 4.22. The van der Waals surface area contributed by atoms with Crippen LogP contribution in [0.4, 0.5) is 13.2 Å². The van der Waals surface area contributed by atoms with Crippen molar-refractivity contribution in [3.05, 3.63) is 69.8 Å². The molecule has 2 N–H and O–H groups in total. The summed E-state index contributed by atoms with van der Waals surface area (Å²) in [5, 5.41) is 4.85. The Morgan fingerprint density at radius 3 is 2.60 bits per heavy atom. The molecule has 1 aliphatic rings. The Kier molecular flexibility index (Phi) is 6.29. The molecule has 0 bridgehead atoms. The zero-order valence-corrected chi connectivity index (χ0v) is 19.0. The number of amides is 3. The van der Waals surface area contributed by atoms with Crippen LogP contribution in [-0.4, -0.2) is 32.8 Å². The molecular formula is C23H19F3N4O4S. The van der Waals surface area contributed by atoms with Crippen LogP contribution in [0.2, 0.25) is 0 Å². The summed E-state index contributed by atoms with van der Waals surface area (Å²) in [4.78, 5) is 54.0. The van der Waals surface area contributed by atoms with Crippen molar-refractivity contribution in [2.75, 3.05) is 0 Å². The van der Waals surface area contributed by atoms with Crippen LogP contribution >= 0.6 is 11.8 Å². The first kappa shape index (κ1) is 23.1. The summed E-state index contributed by atoms with van der Waals surface area (Å²) in [5.74, 6) is -1.81. The number of hydrogen-bond acceptors (Lipinski definition) is 6. The average molecular weight is 505 g/mol. The quantitative estimate of drug-likeness (QED) is 0.407. The summed E-state index contributed by atoms with van der Waals surface area (Å²) in [6.07, 6.45) is -0.275. The van der Waals surface area contributed by atoms with E-state index in [2.05, 4.69) is 15.6 Å². The Balaban J connectivity index is 1.56. The van der Waals surface area contributed by atoms with Crippen molar-refractivity contribution >= 4 is 40.4 Å². The first-order valence-electron chi connectivity index (χ1n) is 10.9. The maximum atomic E-state index is 13.3. The van der Waals surface area contributed by atoms with Gasteiger partial charge in [-0.2, -0.15) is 13.2 Å². The van der Waals surface area contributed by atoms with E-state index in [0.717, 1.165) is 4.57 Å². The van der Waals surface area contributed by atoms with Gasteiger partial charge in [0.25, 0.3) is 11.5 Å². The third-order valence-electron chi connectivity index (χ3n) is 5.28. The van der Waals surface area contributed by atoms with Gasteiger partial charge in [0.05, 0.1) is 12.3 Å². The molecule has 1 saturated heterocycles. The van der Waals surface area contributed by atoms with Crippen LogP contribution < -0.4 is 16.2 Å². The number of imide groups is 1. The van der Waals surface area contributed by atoms with Crippen molar-refractivity contribution in [1.82, 2.24) is 20.2 Å². The second-order valence-electron chi connectivity index (χ2n) is 7.73. The molecule has 1 fully saturated rings. The third kappa shape index (κ3) is 5.53. The highest BCUT2D eigenvalue weighted by Gasteiger charge is 2.31. The van der Waals surface area contributed by atoms with Crippen LogP contribution in [0.25, 0.3) is 10.9 Å². The number of thioether (sulfide) groups is 1. The number of benzene rings is 2. The second kappa shape index (κ2) is 9.53. The maximum Gasteiger partial charge on any atom is 0.446 e. The Morgan fingerprint density at radius 2 is 1.94 bits per heavy atom. The highest BCUT2D eigenvalue weighted by Crippen LogP contribution is 2.36. The van der Waals surface area contributed by atoms with Crippen LogP contribution in [0.15, 0.2) is 52.2 Å². The molecule has 0 radical (unpaired) electrons. The third-order valence-corrected chi connectivity index (χ3v) is 6.02. The van der Waals surface area contributed by atoms with Gasteiger partial charge >= 0.3 is 5.51 Å². The van der Waals surface area contributed by atoms with Gasteiger partial charge in [-0.05, 0) is 67.1 Å². The van der Waals surface area contributed by atoms with Crippen molar-refractivity contribution in [2.24, 2.45) is 0 Å². The van der Waals surface area contributed by atoms with E-state index in [1.165, 1.54) is 37.3 Å². The fourth-order valence-electron chi connectivity index (χ4n) is 3.68. The molecular weight excluding hydrogens is 485 g/mol. The number of carbonyl (C=O) groups excluding carboxylic acids is 3. The van der Waals surface area contributed by atoms with Gasteiger partial charge in [0.15, 0.2) is 0 Å². The van der Waals surface area contributed by atoms with E-state index in [1.807, 2.05) is 0 Å². The van der Waals surface area contributed by atoms with Crippen molar-refractivity contribution in [3.8, 4) is 0 Å². The molecule has 182 valence electrons. The number of nitrogens with one attached hydrogen (secondary N) is 2. The molecule has 3 amide bonds. The van der Waals surface area contributed by atoms with Crippen LogP contribution in [-0.2, 0) is 16.1 Å². The van der Waals surface area contributed by atoms with E-state index in [9.17, 15) is 32.3 Å². The molecule has 2 heterocycles. The highest BCUT2D eigenvalue weighted by atomic mass is 32.2. The SMILES string of the molecule is [2H][C@@]1(n2c(C)nc3ccc(CNC(=O)c4ccc(SC(F)(F)F)cc4)cc3c2=O)CCC(=O)NC1=O. The van der Waals surface area contributed by atoms with Crippen LogP contribution in [0.3, 0.4) is 0 Å². The standard InChI is InChI=1S/C23H19F3N4O4S/c1-12-28-17-7-2-13(10-16(17)22(34)30(12)18-8-9-19(31)29-21(18)33)11-27-20(32)14-3-5-15(6-4-14)35-23(24,25)26/h2-7,10,18H,8-9,11H2,1H3,(H,27,32)(H,29,31,33)/t18-/m1/s1/i18D. The van der Waals surface area contributed by atoms with Gasteiger partial charge in [-0.15, -0.1) is 0 Å². The molecule has 0 aliphatic carbocycles. The first-order chi connectivity index (χ1) is 16.9. The number of halogens is 3. The van der Waals surface area contributed by atoms with Gasteiger partial charge in [0, 0.05) is 23.4 Å². The zero-order valence-electron chi connectivity index (χ0n) is 19.2. The largest absolute Gasteiger partial charge is 0.446 e.